The van der Waals surface area contributed by atoms with Crippen LogP contribution in [0.15, 0.2) is 72.3 Å². The molecule has 0 saturated carbocycles. The highest BCUT2D eigenvalue weighted by molar-refractivity contribution is 7.80. The van der Waals surface area contributed by atoms with E-state index in [4.69, 9.17) is 12.2 Å². The third-order valence-corrected chi connectivity index (χ3v) is 6.23. The van der Waals surface area contributed by atoms with Crippen LogP contribution in [0.5, 0.6) is 0 Å². The van der Waals surface area contributed by atoms with Crippen molar-refractivity contribution in [1.29, 1.82) is 0 Å². The fourth-order valence-corrected chi connectivity index (χ4v) is 4.24. The Balaban J connectivity index is 1.38. The number of nitrogens with one attached hydrogen (secondary N) is 2. The predicted octanol–water partition coefficient (Wildman–Crippen LogP) is 2.74. The van der Waals surface area contributed by atoms with Crippen molar-refractivity contribution in [2.24, 2.45) is 7.05 Å². The average molecular weight is 484 g/mol. The average Bonchev–Trinajstić information content (AvgIpc) is 3.53. The van der Waals surface area contributed by atoms with Crippen LogP contribution in [0.1, 0.15) is 11.3 Å². The second-order valence-corrected chi connectivity index (χ2v) is 8.43. The molecule has 2 aromatic carbocycles. The lowest BCUT2D eigenvalue weighted by molar-refractivity contribution is -0.128. The van der Waals surface area contributed by atoms with Gasteiger partial charge in [0.1, 0.15) is 5.57 Å². The van der Waals surface area contributed by atoms with E-state index >= 15 is 0 Å². The number of rotatable bonds is 6. The number of hydrogen-bond donors (Lipinski definition) is 2. The van der Waals surface area contributed by atoms with Gasteiger partial charge in [0.05, 0.1) is 0 Å². The number of hydrogen-bond acceptors (Lipinski definition) is 6. The molecule has 2 N–H and O–H groups in total. The summed E-state index contributed by atoms with van der Waals surface area (Å²) in [5.74, 6) is -0.309. The minimum Gasteiger partial charge on any atom is -0.344 e. The minimum absolute atomic E-state index is 0.0487. The molecular weight excluding hydrogens is 462 g/mol. The highest BCUT2D eigenvalue weighted by Crippen LogP contribution is 2.26. The van der Waals surface area contributed by atoms with Crippen molar-refractivity contribution >= 4 is 35.2 Å². The van der Waals surface area contributed by atoms with Gasteiger partial charge in [-0.2, -0.15) is 0 Å². The number of nitrogens with zero attached hydrogens (tertiary/aromatic N) is 5. The van der Waals surface area contributed by atoms with Crippen LogP contribution in [-0.2, 0) is 23.1 Å². The maximum Gasteiger partial charge on any atom is 0.265 e. The Morgan fingerprint density at radius 2 is 1.71 bits per heavy atom. The summed E-state index contributed by atoms with van der Waals surface area (Å²) < 4.78 is 1.93. The molecule has 2 amide bonds. The van der Waals surface area contributed by atoms with E-state index in [1.807, 2.05) is 78.3 Å². The number of tetrazole rings is 1. The van der Waals surface area contributed by atoms with Gasteiger partial charge < -0.3 is 4.57 Å². The lowest BCUT2D eigenvalue weighted by Crippen LogP contribution is -2.54. The Hall–Kier alpha value is -4.44. The lowest BCUT2D eigenvalue weighted by Gasteiger charge is -2.29. The molecule has 0 aliphatic carbocycles. The van der Waals surface area contributed by atoms with Crippen LogP contribution in [-0.4, -0.2) is 53.6 Å². The number of amides is 2. The molecule has 35 heavy (non-hydrogen) atoms. The molecule has 2 aromatic heterocycles. The third kappa shape index (κ3) is 4.51. The van der Waals surface area contributed by atoms with Crippen LogP contribution in [0.25, 0.3) is 28.7 Å². The molecule has 1 aliphatic heterocycles. The number of benzene rings is 2. The number of H-pyrrole nitrogens is 1. The van der Waals surface area contributed by atoms with Crippen LogP contribution < -0.4 is 5.32 Å². The molecule has 0 bridgehead atoms. The van der Waals surface area contributed by atoms with Gasteiger partial charge in [0.25, 0.3) is 11.8 Å². The van der Waals surface area contributed by atoms with Crippen molar-refractivity contribution in [2.45, 2.75) is 6.42 Å². The summed E-state index contributed by atoms with van der Waals surface area (Å²) >= 11 is 5.27. The van der Waals surface area contributed by atoms with Crippen molar-refractivity contribution in [3.8, 4) is 22.6 Å². The van der Waals surface area contributed by atoms with Crippen molar-refractivity contribution in [3.05, 3.63) is 83.6 Å². The molecule has 0 unspecified atom stereocenters. The van der Waals surface area contributed by atoms with Gasteiger partial charge in [0.2, 0.25) is 0 Å². The van der Waals surface area contributed by atoms with Crippen LogP contribution in [0.4, 0.5) is 0 Å². The molecule has 0 atom stereocenters. The zero-order valence-electron chi connectivity index (χ0n) is 18.8. The quantitative estimate of drug-likeness (QED) is 0.248. The van der Waals surface area contributed by atoms with Gasteiger partial charge in [-0.25, -0.2) is 5.10 Å². The van der Waals surface area contributed by atoms with Crippen LogP contribution in [0, 0.1) is 0 Å². The lowest BCUT2D eigenvalue weighted by atomic mass is 10.1. The van der Waals surface area contributed by atoms with E-state index < -0.39 is 11.8 Å². The van der Waals surface area contributed by atoms with E-state index in [0.29, 0.717) is 18.8 Å². The Morgan fingerprint density at radius 1 is 0.971 bits per heavy atom. The first-order chi connectivity index (χ1) is 17.0. The van der Waals surface area contributed by atoms with E-state index in [1.54, 1.807) is 6.08 Å². The van der Waals surface area contributed by atoms with Gasteiger partial charge >= 0.3 is 0 Å². The maximum absolute atomic E-state index is 13.2. The zero-order chi connectivity index (χ0) is 24.4. The highest BCUT2D eigenvalue weighted by Gasteiger charge is 2.33. The molecule has 10 heteroatoms. The van der Waals surface area contributed by atoms with E-state index in [9.17, 15) is 9.59 Å². The number of carbonyl (C=O) groups excluding carboxylic acids is 2. The predicted molar refractivity (Wildman–Crippen MR) is 135 cm³/mol. The Bertz CT molecular complexity index is 1420. The van der Waals surface area contributed by atoms with Gasteiger partial charge in [-0.05, 0) is 58.4 Å². The first-order valence-electron chi connectivity index (χ1n) is 10.9. The van der Waals surface area contributed by atoms with Gasteiger partial charge in [0.15, 0.2) is 10.9 Å². The Kier molecular flexibility index (Phi) is 6.02. The highest BCUT2D eigenvalue weighted by atomic mass is 32.1. The summed E-state index contributed by atoms with van der Waals surface area (Å²) in [6, 6.07) is 21.4. The topological polar surface area (TPSA) is 109 Å². The van der Waals surface area contributed by atoms with E-state index in [1.165, 1.54) is 4.90 Å². The van der Waals surface area contributed by atoms with E-state index in [2.05, 4.69) is 25.9 Å². The van der Waals surface area contributed by atoms with Crippen molar-refractivity contribution in [2.75, 3.05) is 6.54 Å². The van der Waals surface area contributed by atoms with Gasteiger partial charge in [-0.1, -0.05) is 54.6 Å². The third-order valence-electron chi connectivity index (χ3n) is 5.90. The molecule has 1 aliphatic rings. The fraction of sp³-hybridized carbons (Fsp3) is 0.120. The molecule has 3 heterocycles. The van der Waals surface area contributed by atoms with Crippen LogP contribution >= 0.6 is 12.2 Å². The monoisotopic (exact) mass is 483 g/mol. The minimum atomic E-state index is -0.497. The fourth-order valence-electron chi connectivity index (χ4n) is 3.97. The summed E-state index contributed by atoms with van der Waals surface area (Å²) in [4.78, 5) is 27.3. The van der Waals surface area contributed by atoms with Gasteiger partial charge in [-0.15, -0.1) is 5.10 Å². The molecule has 1 saturated heterocycles. The van der Waals surface area contributed by atoms with Crippen LogP contribution in [0.2, 0.25) is 0 Å². The van der Waals surface area contributed by atoms with E-state index in [0.717, 1.165) is 28.1 Å². The molecule has 9 nitrogen and oxygen atoms in total. The summed E-state index contributed by atoms with van der Waals surface area (Å²) in [7, 11) is 1.89. The van der Waals surface area contributed by atoms with Gasteiger partial charge in [-0.3, -0.25) is 19.8 Å². The Labute approximate surface area is 206 Å². The molecule has 4 aromatic rings. The summed E-state index contributed by atoms with van der Waals surface area (Å²) in [5, 5.41) is 16.6. The molecule has 5 rings (SSSR count). The molecule has 1 fully saturated rings. The summed E-state index contributed by atoms with van der Waals surface area (Å²) in [6.45, 7) is 0.380. The maximum atomic E-state index is 13.2. The van der Waals surface area contributed by atoms with Gasteiger partial charge in [0, 0.05) is 30.5 Å². The second-order valence-electron chi connectivity index (χ2n) is 8.04. The summed E-state index contributed by atoms with van der Waals surface area (Å²) in [5.41, 5.74) is 4.62. The normalized spacial score (nSPS) is 15.1. The number of aromatic amines is 1. The number of thiocarbonyl (C=S) groups is 1. The number of carbonyl (C=O) groups is 2. The molecule has 0 spiro atoms. The van der Waals surface area contributed by atoms with Crippen molar-refractivity contribution in [1.82, 2.24) is 35.4 Å². The SMILES string of the molecule is Cn1c(C=C2C(=O)NC(=S)N(CCc3ccccc3)C2=O)ccc1-c1ccc(-c2nnn[nH]2)cc1. The molecular formula is C25H21N7O2S. The summed E-state index contributed by atoms with van der Waals surface area (Å²) in [6.07, 6.45) is 2.23. The van der Waals surface area contributed by atoms with E-state index in [-0.39, 0.29) is 10.7 Å². The standard InChI is InChI=1S/C25H21N7O2S/c1-31-19(11-12-21(31)17-7-9-18(10-8-17)22-27-29-30-28-22)15-20-23(33)26-25(35)32(24(20)34)14-13-16-5-3-2-4-6-16/h2-12,15H,13-14H2,1H3,(H,26,33,35)(H,27,28,29,30). The zero-order valence-corrected chi connectivity index (χ0v) is 19.6. The second kappa shape index (κ2) is 9.43. The van der Waals surface area contributed by atoms with Crippen molar-refractivity contribution < 1.29 is 9.59 Å². The molecule has 0 radical (unpaired) electrons. The first-order valence-corrected chi connectivity index (χ1v) is 11.3. The largest absolute Gasteiger partial charge is 0.344 e. The Morgan fingerprint density at radius 3 is 2.43 bits per heavy atom. The van der Waals surface area contributed by atoms with Crippen molar-refractivity contribution in [3.63, 3.8) is 0 Å². The van der Waals surface area contributed by atoms with Crippen LogP contribution in [0.3, 0.4) is 0 Å². The first kappa shape index (κ1) is 22.4. The number of aromatic nitrogens is 5. The molecule has 174 valence electrons. The smallest absolute Gasteiger partial charge is 0.265 e.